The highest BCUT2D eigenvalue weighted by molar-refractivity contribution is 6.30. The number of benzene rings is 3. The molecule has 1 aromatic heterocycles. The van der Waals surface area contributed by atoms with Gasteiger partial charge in [0.2, 0.25) is 0 Å². The van der Waals surface area contributed by atoms with Crippen molar-refractivity contribution >= 4 is 34.9 Å². The van der Waals surface area contributed by atoms with Crippen molar-refractivity contribution in [1.82, 2.24) is 14.7 Å². The van der Waals surface area contributed by atoms with Crippen LogP contribution in [-0.4, -0.2) is 46.3 Å². The third kappa shape index (κ3) is 6.58. The molecule has 1 saturated heterocycles. The number of amides is 1. The van der Waals surface area contributed by atoms with Gasteiger partial charge in [-0.05, 0) is 74.4 Å². The fourth-order valence-electron chi connectivity index (χ4n) is 4.68. The summed E-state index contributed by atoms with van der Waals surface area (Å²) >= 11 is 6.03. The first-order valence-electron chi connectivity index (χ1n) is 13.4. The zero-order valence-corrected chi connectivity index (χ0v) is 23.2. The molecule has 0 radical (unpaired) electrons. The molecule has 0 aliphatic carbocycles. The van der Waals surface area contributed by atoms with Crippen LogP contribution in [0.3, 0.4) is 0 Å². The number of ether oxygens (including phenoxy) is 2. The number of esters is 1. The summed E-state index contributed by atoms with van der Waals surface area (Å²) in [6, 6.07) is 22.7. The van der Waals surface area contributed by atoms with Crippen LogP contribution in [0.15, 0.2) is 89.9 Å². The Labute approximate surface area is 242 Å². The van der Waals surface area contributed by atoms with E-state index in [2.05, 4.69) is 10.4 Å². The molecule has 1 amide bonds. The highest BCUT2D eigenvalue weighted by Gasteiger charge is 2.30. The molecule has 4 aromatic rings. The maximum atomic E-state index is 13.7. The van der Waals surface area contributed by atoms with E-state index < -0.39 is 5.56 Å². The van der Waals surface area contributed by atoms with Crippen LogP contribution in [0, 0.1) is 5.92 Å². The van der Waals surface area contributed by atoms with E-state index in [0.29, 0.717) is 60.2 Å². The van der Waals surface area contributed by atoms with E-state index in [9.17, 15) is 14.4 Å². The van der Waals surface area contributed by atoms with Gasteiger partial charge in [-0.15, -0.1) is 0 Å². The lowest BCUT2D eigenvalue weighted by molar-refractivity contribution is -0.149. The third-order valence-electron chi connectivity index (χ3n) is 6.69. The van der Waals surface area contributed by atoms with Crippen LogP contribution in [0.1, 0.15) is 30.1 Å². The van der Waals surface area contributed by atoms with E-state index in [1.165, 1.54) is 10.9 Å². The van der Waals surface area contributed by atoms with Crippen LogP contribution in [-0.2, 0) is 9.53 Å². The number of para-hydroxylation sites is 1. The first kappa shape index (κ1) is 27.9. The average Bonchev–Trinajstić information content (AvgIpc) is 3.00. The summed E-state index contributed by atoms with van der Waals surface area (Å²) in [5.41, 5.74) is 1.16. The number of nitrogens with one attached hydrogen (secondary N) is 1. The van der Waals surface area contributed by atoms with E-state index in [1.807, 2.05) is 18.2 Å². The molecule has 9 nitrogen and oxygen atoms in total. The maximum Gasteiger partial charge on any atom is 0.310 e. The van der Waals surface area contributed by atoms with Gasteiger partial charge in [0.15, 0.2) is 11.4 Å². The molecule has 41 heavy (non-hydrogen) atoms. The summed E-state index contributed by atoms with van der Waals surface area (Å²) in [7, 11) is 0. The minimum Gasteiger partial charge on any atom is -0.466 e. The number of nitrogens with zero attached hydrogens (tertiary/aromatic N) is 3. The van der Waals surface area contributed by atoms with Crippen molar-refractivity contribution in [3.8, 4) is 17.2 Å². The van der Waals surface area contributed by atoms with Gasteiger partial charge in [-0.25, -0.2) is 0 Å². The monoisotopic (exact) mass is 572 g/mol. The molecule has 1 aliphatic rings. The highest BCUT2D eigenvalue weighted by Crippen LogP contribution is 2.29. The van der Waals surface area contributed by atoms with Crippen molar-refractivity contribution in [3.05, 3.63) is 106 Å². The molecule has 1 N–H and O–H groups in total. The van der Waals surface area contributed by atoms with Gasteiger partial charge in [-0.1, -0.05) is 35.9 Å². The molecule has 5 rings (SSSR count). The van der Waals surface area contributed by atoms with E-state index >= 15 is 0 Å². The number of hydrogen-bond acceptors (Lipinski definition) is 7. The zero-order valence-electron chi connectivity index (χ0n) is 22.5. The molecular weight excluding hydrogens is 544 g/mol. The predicted octanol–water partition coefficient (Wildman–Crippen LogP) is 5.84. The Kier molecular flexibility index (Phi) is 8.64. The van der Waals surface area contributed by atoms with Crippen molar-refractivity contribution < 1.29 is 19.1 Å². The molecule has 1 atom stereocenters. The molecule has 1 aliphatic heterocycles. The third-order valence-corrected chi connectivity index (χ3v) is 6.94. The number of anilines is 2. The minimum absolute atomic E-state index is 0.142. The Bertz CT molecular complexity index is 1590. The predicted molar refractivity (Wildman–Crippen MR) is 156 cm³/mol. The molecule has 1 unspecified atom stereocenters. The van der Waals surface area contributed by atoms with Gasteiger partial charge >= 0.3 is 5.97 Å². The molecule has 0 spiro atoms. The van der Waals surface area contributed by atoms with Crippen LogP contribution in [0.25, 0.3) is 5.69 Å². The second-order valence-corrected chi connectivity index (χ2v) is 9.98. The molecule has 10 heteroatoms. The van der Waals surface area contributed by atoms with Crippen molar-refractivity contribution in [1.29, 1.82) is 0 Å². The molecule has 1 fully saturated rings. The van der Waals surface area contributed by atoms with Crippen LogP contribution < -0.4 is 15.6 Å². The number of halogens is 1. The summed E-state index contributed by atoms with van der Waals surface area (Å²) in [4.78, 5) is 41.1. The van der Waals surface area contributed by atoms with Crippen molar-refractivity contribution in [2.24, 2.45) is 5.92 Å². The molecule has 2 heterocycles. The number of carbonyl (C=O) groups excluding carboxylic acids is 2. The lowest BCUT2D eigenvalue weighted by Crippen LogP contribution is -2.42. The van der Waals surface area contributed by atoms with E-state index in [4.69, 9.17) is 21.1 Å². The highest BCUT2D eigenvalue weighted by atomic mass is 35.5. The fraction of sp³-hybridized carbons (Fsp3) is 0.226. The van der Waals surface area contributed by atoms with E-state index in [-0.39, 0.29) is 29.2 Å². The number of hydrogen-bond donors (Lipinski definition) is 1. The van der Waals surface area contributed by atoms with E-state index in [0.717, 1.165) is 0 Å². The fourth-order valence-corrected chi connectivity index (χ4v) is 4.81. The van der Waals surface area contributed by atoms with Gasteiger partial charge < -0.3 is 19.7 Å². The van der Waals surface area contributed by atoms with Gasteiger partial charge in [0.25, 0.3) is 11.5 Å². The van der Waals surface area contributed by atoms with Crippen LogP contribution in [0.4, 0.5) is 11.4 Å². The van der Waals surface area contributed by atoms with Gasteiger partial charge in [0, 0.05) is 29.4 Å². The maximum absolute atomic E-state index is 13.7. The topological polar surface area (TPSA) is 103 Å². The molecule has 210 valence electrons. The van der Waals surface area contributed by atoms with Crippen molar-refractivity contribution in [2.45, 2.75) is 19.8 Å². The average molecular weight is 573 g/mol. The summed E-state index contributed by atoms with van der Waals surface area (Å²) < 4.78 is 12.4. The normalized spacial score (nSPS) is 14.8. The Hall–Kier alpha value is -4.63. The lowest BCUT2D eigenvalue weighted by atomic mass is 9.97. The first-order chi connectivity index (χ1) is 19.9. The van der Waals surface area contributed by atoms with Crippen molar-refractivity contribution in [2.75, 3.05) is 25.0 Å². The quantitative estimate of drug-likeness (QED) is 0.265. The van der Waals surface area contributed by atoms with Gasteiger partial charge in [0.05, 0.1) is 24.4 Å². The molecular formula is C31H29ClN4O5. The van der Waals surface area contributed by atoms with E-state index in [1.54, 1.807) is 72.5 Å². The summed E-state index contributed by atoms with van der Waals surface area (Å²) in [5, 5.41) is 8.01. The summed E-state index contributed by atoms with van der Waals surface area (Å²) in [5.74, 6) is -0.0600. The van der Waals surface area contributed by atoms with Crippen LogP contribution in [0.5, 0.6) is 11.5 Å². The Morgan fingerprint density at radius 1 is 1.05 bits per heavy atom. The number of carbonyl (C=O) groups is 2. The Morgan fingerprint density at radius 3 is 2.59 bits per heavy atom. The second-order valence-electron chi connectivity index (χ2n) is 9.54. The number of piperidine rings is 1. The van der Waals surface area contributed by atoms with Gasteiger partial charge in [-0.2, -0.15) is 9.78 Å². The number of likely N-dealkylation sites (tertiary alicyclic amines) is 1. The number of aromatic nitrogens is 2. The number of rotatable bonds is 8. The lowest BCUT2D eigenvalue weighted by Gasteiger charge is -2.31. The standard InChI is InChI=1S/C31H29ClN4O5/c1-2-40-31(39)22-9-7-17-35(20-22)29(37)21-8-6-10-24(18-21)34-28-27(41-26-11-4-3-5-12-26)19-33-36(30(28)38)25-15-13-23(32)14-16-25/h3-6,8,10-16,18-19,22,34H,2,7,9,17,20H2,1H3. The smallest absolute Gasteiger partial charge is 0.310 e. The Morgan fingerprint density at radius 2 is 1.83 bits per heavy atom. The first-order valence-corrected chi connectivity index (χ1v) is 13.7. The van der Waals surface area contributed by atoms with Crippen molar-refractivity contribution in [3.63, 3.8) is 0 Å². The van der Waals surface area contributed by atoms with Gasteiger partial charge in [-0.3, -0.25) is 14.4 Å². The molecule has 0 saturated carbocycles. The minimum atomic E-state index is -0.453. The second kappa shape index (κ2) is 12.7. The molecule has 0 bridgehead atoms. The van der Waals surface area contributed by atoms with Gasteiger partial charge in [0.1, 0.15) is 5.75 Å². The summed E-state index contributed by atoms with van der Waals surface area (Å²) in [6.45, 7) is 2.94. The van der Waals surface area contributed by atoms with Crippen LogP contribution >= 0.6 is 11.6 Å². The van der Waals surface area contributed by atoms with Crippen LogP contribution in [0.2, 0.25) is 5.02 Å². The molecule has 3 aromatic carbocycles. The Balaban J connectivity index is 1.45. The zero-order chi connectivity index (χ0) is 28.8. The SMILES string of the molecule is CCOC(=O)C1CCCN(C(=O)c2cccc(Nc3c(Oc4ccccc4)cnn(-c4ccc(Cl)cc4)c3=O)c2)C1. The summed E-state index contributed by atoms with van der Waals surface area (Å²) in [6.07, 6.45) is 2.87. The largest absolute Gasteiger partial charge is 0.466 e.